The first-order valence-corrected chi connectivity index (χ1v) is 9.26. The molecule has 140 valence electrons. The van der Waals surface area contributed by atoms with E-state index in [4.69, 9.17) is 9.47 Å². The summed E-state index contributed by atoms with van der Waals surface area (Å²) in [7, 11) is -1.21. The minimum Gasteiger partial charge on any atom is -0.495 e. The van der Waals surface area contributed by atoms with E-state index in [2.05, 4.69) is 14.9 Å². The van der Waals surface area contributed by atoms with Gasteiger partial charge in [-0.15, -0.1) is 10.2 Å². The molecule has 0 aliphatic heterocycles. The molecule has 1 heterocycles. The molecule has 0 aliphatic carbocycles. The Balaban J connectivity index is 1.84. The topological polar surface area (TPSA) is 90.4 Å². The maximum atomic E-state index is 13.5. The molecular formula is C18H16FN3O4S. The average molecular weight is 389 g/mol. The van der Waals surface area contributed by atoms with Crippen LogP contribution in [-0.2, 0) is 10.0 Å². The Hall–Kier alpha value is -3.20. The van der Waals surface area contributed by atoms with Gasteiger partial charge in [-0.05, 0) is 36.4 Å². The fourth-order valence-corrected chi connectivity index (χ4v) is 3.60. The van der Waals surface area contributed by atoms with E-state index in [0.29, 0.717) is 17.3 Å². The van der Waals surface area contributed by atoms with Crippen LogP contribution in [0.2, 0.25) is 0 Å². The van der Waals surface area contributed by atoms with Gasteiger partial charge in [-0.25, -0.2) is 12.8 Å². The summed E-state index contributed by atoms with van der Waals surface area (Å²) >= 11 is 0. The number of benzene rings is 2. The van der Waals surface area contributed by atoms with Gasteiger partial charge in [0.05, 0.1) is 19.9 Å². The fraction of sp³-hybridized carbons (Fsp3) is 0.111. The lowest BCUT2D eigenvalue weighted by Crippen LogP contribution is -2.14. The highest BCUT2D eigenvalue weighted by Crippen LogP contribution is 2.27. The van der Waals surface area contributed by atoms with Crippen LogP contribution in [0.15, 0.2) is 59.5 Å². The summed E-state index contributed by atoms with van der Waals surface area (Å²) in [5.41, 5.74) is 1.67. The molecule has 1 N–H and O–H groups in total. The molecule has 9 heteroatoms. The molecule has 3 rings (SSSR count). The highest BCUT2D eigenvalue weighted by atomic mass is 32.2. The monoisotopic (exact) mass is 389 g/mol. The van der Waals surface area contributed by atoms with Crippen molar-refractivity contribution in [2.24, 2.45) is 0 Å². The Morgan fingerprint density at radius 2 is 1.67 bits per heavy atom. The largest absolute Gasteiger partial charge is 0.495 e. The lowest BCUT2D eigenvalue weighted by atomic mass is 10.1. The Labute approximate surface area is 155 Å². The van der Waals surface area contributed by atoms with E-state index in [1.807, 2.05) is 0 Å². The molecule has 0 amide bonds. The van der Waals surface area contributed by atoms with Gasteiger partial charge in [0.15, 0.2) is 0 Å². The smallest absolute Gasteiger partial charge is 0.265 e. The summed E-state index contributed by atoms with van der Waals surface area (Å²) in [5.74, 6) is -0.231. The first-order chi connectivity index (χ1) is 12.9. The highest BCUT2D eigenvalue weighted by Gasteiger charge is 2.20. The van der Waals surface area contributed by atoms with Gasteiger partial charge in [-0.2, -0.15) is 0 Å². The van der Waals surface area contributed by atoms with E-state index in [1.54, 1.807) is 36.4 Å². The van der Waals surface area contributed by atoms with Crippen molar-refractivity contribution < 1.29 is 22.3 Å². The number of nitrogens with zero attached hydrogens (tertiary/aromatic N) is 2. The minimum atomic E-state index is -4.02. The molecule has 0 fully saturated rings. The summed E-state index contributed by atoms with van der Waals surface area (Å²) in [4.78, 5) is -0.282. The summed E-state index contributed by atoms with van der Waals surface area (Å²) < 4.78 is 51.0. The van der Waals surface area contributed by atoms with Crippen LogP contribution in [0, 0.1) is 5.82 Å². The summed E-state index contributed by atoms with van der Waals surface area (Å²) in [6, 6.07) is 13.2. The van der Waals surface area contributed by atoms with Crippen LogP contribution in [0.5, 0.6) is 11.6 Å². The number of ether oxygens (including phenoxy) is 2. The van der Waals surface area contributed by atoms with E-state index >= 15 is 0 Å². The van der Waals surface area contributed by atoms with Crippen molar-refractivity contribution in [1.82, 2.24) is 10.2 Å². The predicted octanol–water partition coefficient (Wildman–Crippen LogP) is 3.10. The third kappa shape index (κ3) is 4.14. The van der Waals surface area contributed by atoms with Crippen LogP contribution in [0.4, 0.5) is 10.1 Å². The molecule has 0 unspecified atom stereocenters. The standard InChI is InChI=1S/C18H16FN3O4S/c1-25-16-9-5-13(19)11-17(16)27(23,24)22-14-6-3-12(4-7-14)15-8-10-18(26-2)21-20-15/h3-11,22H,1-2H3. The molecule has 0 aliphatic rings. The number of hydrogen-bond acceptors (Lipinski definition) is 6. The molecule has 27 heavy (non-hydrogen) atoms. The van der Waals surface area contributed by atoms with Crippen LogP contribution in [0.25, 0.3) is 11.3 Å². The van der Waals surface area contributed by atoms with Crippen LogP contribution >= 0.6 is 0 Å². The Morgan fingerprint density at radius 1 is 0.926 bits per heavy atom. The molecule has 3 aromatic rings. The molecule has 2 aromatic carbocycles. The lowest BCUT2D eigenvalue weighted by Gasteiger charge is -2.12. The van der Waals surface area contributed by atoms with Crippen LogP contribution in [0.1, 0.15) is 0 Å². The average Bonchev–Trinajstić information content (AvgIpc) is 2.68. The molecule has 1 aromatic heterocycles. The van der Waals surface area contributed by atoms with Crippen molar-refractivity contribution in [3.05, 3.63) is 60.4 Å². The van der Waals surface area contributed by atoms with Gasteiger partial charge in [-0.1, -0.05) is 12.1 Å². The van der Waals surface area contributed by atoms with Crippen LogP contribution in [-0.4, -0.2) is 32.8 Å². The van der Waals surface area contributed by atoms with E-state index in [-0.39, 0.29) is 10.6 Å². The number of rotatable bonds is 6. The zero-order valence-electron chi connectivity index (χ0n) is 14.5. The Morgan fingerprint density at radius 3 is 2.26 bits per heavy atom. The van der Waals surface area contributed by atoms with Gasteiger partial charge >= 0.3 is 0 Å². The number of sulfonamides is 1. The van der Waals surface area contributed by atoms with Gasteiger partial charge in [0.25, 0.3) is 10.0 Å². The zero-order chi connectivity index (χ0) is 19.4. The Kier molecular flexibility index (Phi) is 5.22. The fourth-order valence-electron chi connectivity index (χ4n) is 2.36. The molecule has 0 radical (unpaired) electrons. The number of aromatic nitrogens is 2. The number of anilines is 1. The molecule has 0 saturated heterocycles. The number of methoxy groups -OCH3 is 2. The second-order valence-corrected chi connectivity index (χ2v) is 7.09. The Bertz CT molecular complexity index is 1040. The minimum absolute atomic E-state index is 0.0500. The molecule has 7 nitrogen and oxygen atoms in total. The van der Waals surface area contributed by atoms with E-state index in [1.165, 1.54) is 20.3 Å². The maximum absolute atomic E-state index is 13.5. The van der Waals surface area contributed by atoms with E-state index in [9.17, 15) is 12.8 Å². The zero-order valence-corrected chi connectivity index (χ0v) is 15.3. The van der Waals surface area contributed by atoms with E-state index in [0.717, 1.165) is 17.7 Å². The van der Waals surface area contributed by atoms with Gasteiger partial charge in [-0.3, -0.25) is 4.72 Å². The molecular weight excluding hydrogens is 373 g/mol. The van der Waals surface area contributed by atoms with Crippen molar-refractivity contribution in [1.29, 1.82) is 0 Å². The first-order valence-electron chi connectivity index (χ1n) is 7.77. The van der Waals surface area contributed by atoms with Crippen molar-refractivity contribution in [3.63, 3.8) is 0 Å². The normalized spacial score (nSPS) is 11.1. The van der Waals surface area contributed by atoms with Crippen LogP contribution in [0.3, 0.4) is 0 Å². The molecule has 0 spiro atoms. The van der Waals surface area contributed by atoms with Crippen LogP contribution < -0.4 is 14.2 Å². The second-order valence-electron chi connectivity index (χ2n) is 5.44. The maximum Gasteiger partial charge on any atom is 0.265 e. The SMILES string of the molecule is COc1ccc(-c2ccc(NS(=O)(=O)c3cc(F)ccc3OC)cc2)nn1. The number of nitrogens with one attached hydrogen (secondary N) is 1. The highest BCUT2D eigenvalue weighted by molar-refractivity contribution is 7.92. The van der Waals surface area contributed by atoms with Crippen molar-refractivity contribution in [2.45, 2.75) is 4.90 Å². The first kappa shape index (κ1) is 18.6. The van der Waals surface area contributed by atoms with Crippen molar-refractivity contribution in [2.75, 3.05) is 18.9 Å². The third-order valence-corrected chi connectivity index (χ3v) is 5.10. The third-order valence-electron chi connectivity index (χ3n) is 3.70. The van der Waals surface area contributed by atoms with Crippen molar-refractivity contribution >= 4 is 15.7 Å². The number of hydrogen-bond donors (Lipinski definition) is 1. The van der Waals surface area contributed by atoms with Crippen molar-refractivity contribution in [3.8, 4) is 22.9 Å². The molecule has 0 atom stereocenters. The van der Waals surface area contributed by atoms with Gasteiger partial charge in [0.2, 0.25) is 5.88 Å². The molecule has 0 bridgehead atoms. The molecule has 0 saturated carbocycles. The summed E-state index contributed by atoms with van der Waals surface area (Å²) in [5, 5.41) is 7.92. The predicted molar refractivity (Wildman–Crippen MR) is 97.8 cm³/mol. The quantitative estimate of drug-likeness (QED) is 0.697. The van der Waals surface area contributed by atoms with Gasteiger partial charge < -0.3 is 9.47 Å². The van der Waals surface area contributed by atoms with E-state index < -0.39 is 15.8 Å². The summed E-state index contributed by atoms with van der Waals surface area (Å²) in [6.07, 6.45) is 0. The van der Waals surface area contributed by atoms with Gasteiger partial charge in [0.1, 0.15) is 16.5 Å². The lowest BCUT2D eigenvalue weighted by molar-refractivity contribution is 0.392. The second kappa shape index (κ2) is 7.58. The van der Waals surface area contributed by atoms with Gasteiger partial charge in [0, 0.05) is 17.3 Å². The summed E-state index contributed by atoms with van der Waals surface area (Å²) in [6.45, 7) is 0. The number of halogens is 1.